The first-order chi connectivity index (χ1) is 19.4. The van der Waals surface area contributed by atoms with Crippen LogP contribution in [-0.4, -0.2) is 40.9 Å². The molecule has 0 radical (unpaired) electrons. The molecule has 0 unspecified atom stereocenters. The van der Waals surface area contributed by atoms with Crippen LogP contribution in [0.1, 0.15) is 52.3 Å². The minimum Gasteiger partial charge on any atom is -0.491 e. The molecule has 10 heteroatoms. The number of carbonyl (C=O) groups excluding carboxylic acids is 1. The van der Waals surface area contributed by atoms with Crippen LogP contribution in [0.25, 0.3) is 38.9 Å². The number of hydrogen-bond acceptors (Lipinski definition) is 5. The first kappa shape index (κ1) is 27.0. The Labute approximate surface area is 237 Å². The van der Waals surface area contributed by atoms with Gasteiger partial charge >= 0.3 is 5.69 Å². The molecule has 41 heavy (non-hydrogen) atoms. The lowest BCUT2D eigenvalue weighted by Crippen LogP contribution is -2.20. The van der Waals surface area contributed by atoms with E-state index in [0.717, 1.165) is 24.4 Å². The first-order valence-electron chi connectivity index (χ1n) is 14.0. The molecule has 2 aromatic carbocycles. The molecule has 3 aromatic heterocycles. The van der Waals surface area contributed by atoms with Gasteiger partial charge in [-0.3, -0.25) is 23.2 Å². The van der Waals surface area contributed by atoms with Gasteiger partial charge in [-0.1, -0.05) is 20.8 Å². The van der Waals surface area contributed by atoms with Crippen LogP contribution in [-0.2, 0) is 31.4 Å². The van der Waals surface area contributed by atoms with Crippen molar-refractivity contribution in [3.05, 3.63) is 58.8 Å². The van der Waals surface area contributed by atoms with Crippen molar-refractivity contribution in [1.82, 2.24) is 28.5 Å². The maximum atomic E-state index is 15.6. The average molecular weight is 559 g/mol. The van der Waals surface area contributed by atoms with Crippen LogP contribution in [0.2, 0.25) is 0 Å². The van der Waals surface area contributed by atoms with E-state index in [1.54, 1.807) is 53.4 Å². The summed E-state index contributed by atoms with van der Waals surface area (Å²) in [5.41, 5.74) is 3.99. The monoisotopic (exact) mass is 558 g/mol. The lowest BCUT2D eigenvalue weighted by Gasteiger charge is -2.23. The fourth-order valence-corrected chi connectivity index (χ4v) is 5.85. The summed E-state index contributed by atoms with van der Waals surface area (Å²) >= 11 is 0. The van der Waals surface area contributed by atoms with Crippen molar-refractivity contribution in [2.24, 2.45) is 27.1 Å². The standard InChI is InChI=1S/C31H35FN6O3/c1-31(2,3)29-34-24-13-22(19-15-33-35(4)16-19)23(32)14-25(24)38(29)20-11-26-28(37(6)30(40)36(26)5)27(12-20)41-17-18-7-9-21(39)10-8-18/h11-16,18H,7-10,17H2,1-6H3. The fourth-order valence-electron chi connectivity index (χ4n) is 5.85. The number of hydrogen-bond donors (Lipinski definition) is 0. The molecule has 1 saturated carbocycles. The van der Waals surface area contributed by atoms with Crippen LogP contribution in [0.4, 0.5) is 4.39 Å². The van der Waals surface area contributed by atoms with E-state index in [0.29, 0.717) is 64.2 Å². The number of aromatic nitrogens is 6. The molecule has 0 saturated heterocycles. The summed E-state index contributed by atoms with van der Waals surface area (Å²) in [6.45, 7) is 6.67. The Kier molecular flexibility index (Phi) is 6.39. The molecule has 6 rings (SSSR count). The highest BCUT2D eigenvalue weighted by atomic mass is 19.1. The summed E-state index contributed by atoms with van der Waals surface area (Å²) < 4.78 is 28.9. The SMILES string of the molecule is Cn1cc(-c2cc3nc(C(C)(C)C)n(-c4cc(OCC5CCC(=O)CC5)c5c(c4)n(C)c(=O)n5C)c3cc2F)cn1. The van der Waals surface area contributed by atoms with E-state index in [2.05, 4.69) is 25.9 Å². The Balaban J connectivity index is 1.54. The lowest BCUT2D eigenvalue weighted by atomic mass is 9.89. The van der Waals surface area contributed by atoms with Gasteiger partial charge in [-0.05, 0) is 30.9 Å². The van der Waals surface area contributed by atoms with Crippen molar-refractivity contribution >= 4 is 27.9 Å². The van der Waals surface area contributed by atoms with Gasteiger partial charge in [-0.2, -0.15) is 5.10 Å². The predicted molar refractivity (Wildman–Crippen MR) is 156 cm³/mol. The third-order valence-electron chi connectivity index (χ3n) is 8.14. The Hall–Kier alpha value is -4.21. The number of carbonyl (C=O) groups is 1. The van der Waals surface area contributed by atoms with Gasteiger partial charge in [0, 0.05) is 68.9 Å². The van der Waals surface area contributed by atoms with Gasteiger partial charge in [0.15, 0.2) is 0 Å². The highest BCUT2D eigenvalue weighted by Gasteiger charge is 2.27. The maximum absolute atomic E-state index is 15.6. The number of aryl methyl sites for hydroxylation is 3. The molecule has 9 nitrogen and oxygen atoms in total. The average Bonchev–Trinajstić information content (AvgIpc) is 3.59. The van der Waals surface area contributed by atoms with Crippen LogP contribution < -0.4 is 10.4 Å². The van der Waals surface area contributed by atoms with E-state index in [9.17, 15) is 9.59 Å². The van der Waals surface area contributed by atoms with E-state index in [1.807, 2.05) is 16.7 Å². The zero-order valence-electron chi connectivity index (χ0n) is 24.4. The quantitative estimate of drug-likeness (QED) is 0.296. The number of benzene rings is 2. The van der Waals surface area contributed by atoms with Crippen LogP contribution in [0.3, 0.4) is 0 Å². The number of rotatable bonds is 5. The van der Waals surface area contributed by atoms with Gasteiger partial charge in [0.05, 0.1) is 35.0 Å². The van der Waals surface area contributed by atoms with Crippen molar-refractivity contribution in [3.63, 3.8) is 0 Å². The van der Waals surface area contributed by atoms with E-state index in [1.165, 1.54) is 6.07 Å². The zero-order valence-corrected chi connectivity index (χ0v) is 24.4. The summed E-state index contributed by atoms with van der Waals surface area (Å²) in [7, 11) is 5.27. The zero-order chi connectivity index (χ0) is 29.2. The molecule has 0 spiro atoms. The number of ketones is 1. The van der Waals surface area contributed by atoms with Crippen LogP contribution in [0, 0.1) is 11.7 Å². The maximum Gasteiger partial charge on any atom is 0.328 e. The van der Waals surface area contributed by atoms with E-state index in [-0.39, 0.29) is 22.8 Å². The number of imidazole rings is 2. The van der Waals surface area contributed by atoms with Crippen LogP contribution in [0.5, 0.6) is 5.75 Å². The molecule has 0 N–H and O–H groups in total. The molecule has 0 amide bonds. The minimum atomic E-state index is -0.378. The van der Waals surface area contributed by atoms with Crippen molar-refractivity contribution in [2.75, 3.05) is 6.61 Å². The normalized spacial score (nSPS) is 15.0. The number of nitrogens with zero attached hydrogens (tertiary/aromatic N) is 6. The van der Waals surface area contributed by atoms with Crippen LogP contribution >= 0.6 is 0 Å². The molecule has 0 atom stereocenters. The van der Waals surface area contributed by atoms with Gasteiger partial charge in [0.25, 0.3) is 0 Å². The third-order valence-corrected chi connectivity index (χ3v) is 8.14. The largest absolute Gasteiger partial charge is 0.491 e. The fraction of sp³-hybridized carbons (Fsp3) is 0.419. The van der Waals surface area contributed by atoms with Crippen molar-refractivity contribution < 1.29 is 13.9 Å². The Morgan fingerprint density at radius 3 is 2.39 bits per heavy atom. The molecule has 0 bridgehead atoms. The van der Waals surface area contributed by atoms with E-state index >= 15 is 4.39 Å². The number of halogens is 1. The van der Waals surface area contributed by atoms with Gasteiger partial charge in [-0.15, -0.1) is 0 Å². The van der Waals surface area contributed by atoms with Crippen LogP contribution in [0.15, 0.2) is 41.5 Å². The third kappa shape index (κ3) is 4.65. The van der Waals surface area contributed by atoms with Gasteiger partial charge < -0.3 is 4.74 Å². The van der Waals surface area contributed by atoms with Crippen molar-refractivity contribution in [3.8, 4) is 22.6 Å². The topological polar surface area (TPSA) is 88.9 Å². The predicted octanol–water partition coefficient (Wildman–Crippen LogP) is 5.19. The molecular formula is C31H35FN6O3. The van der Waals surface area contributed by atoms with Gasteiger partial charge in [0.1, 0.15) is 28.7 Å². The molecule has 1 aliphatic rings. The Morgan fingerprint density at radius 1 is 1.00 bits per heavy atom. The Morgan fingerprint density at radius 2 is 1.73 bits per heavy atom. The number of ether oxygens (including phenoxy) is 1. The van der Waals surface area contributed by atoms with E-state index < -0.39 is 0 Å². The number of Topliss-reactive ketones (excluding diaryl/α,β-unsaturated/α-hetero) is 1. The summed E-state index contributed by atoms with van der Waals surface area (Å²) in [6, 6.07) is 7.14. The van der Waals surface area contributed by atoms with Gasteiger partial charge in [-0.25, -0.2) is 14.2 Å². The molecule has 1 aliphatic carbocycles. The highest BCUT2D eigenvalue weighted by Crippen LogP contribution is 2.37. The molecule has 5 aromatic rings. The molecule has 214 valence electrons. The summed E-state index contributed by atoms with van der Waals surface area (Å²) in [5, 5.41) is 4.20. The second kappa shape index (κ2) is 9.71. The first-order valence-corrected chi connectivity index (χ1v) is 14.0. The second-order valence-corrected chi connectivity index (χ2v) is 12.2. The summed E-state index contributed by atoms with van der Waals surface area (Å²) in [6.07, 6.45) is 6.18. The molecule has 1 fully saturated rings. The van der Waals surface area contributed by atoms with Gasteiger partial charge in [0.2, 0.25) is 0 Å². The van der Waals surface area contributed by atoms with E-state index in [4.69, 9.17) is 9.72 Å². The summed E-state index contributed by atoms with van der Waals surface area (Å²) in [4.78, 5) is 29.7. The van der Waals surface area contributed by atoms with Crippen molar-refractivity contribution in [2.45, 2.75) is 51.9 Å². The molecule has 0 aliphatic heterocycles. The van der Waals surface area contributed by atoms with Crippen molar-refractivity contribution in [1.29, 1.82) is 0 Å². The minimum absolute atomic E-state index is 0.163. The second-order valence-electron chi connectivity index (χ2n) is 12.2. The molecular weight excluding hydrogens is 523 g/mol. The number of fused-ring (bicyclic) bond motifs is 2. The highest BCUT2D eigenvalue weighted by molar-refractivity contribution is 5.88. The Bertz CT molecular complexity index is 1870. The molecule has 3 heterocycles. The summed E-state index contributed by atoms with van der Waals surface area (Å²) in [5.74, 6) is 1.53. The lowest BCUT2D eigenvalue weighted by molar-refractivity contribution is -0.121. The smallest absolute Gasteiger partial charge is 0.328 e.